The third-order valence-corrected chi connectivity index (χ3v) is 3.02. The van der Waals surface area contributed by atoms with Gasteiger partial charge in [-0.15, -0.1) is 0 Å². The van der Waals surface area contributed by atoms with E-state index in [-0.39, 0.29) is 0 Å². The molecule has 16 heavy (non-hydrogen) atoms. The standard InChI is InChI=1S/C16H17/c1-3-13-10-11-16(12-14(13)4-2)15-8-6-5-7-9-15/h6-12H,3-4H2,1-2H3. The number of hydrogen-bond acceptors (Lipinski definition) is 0. The van der Waals surface area contributed by atoms with E-state index in [1.807, 2.05) is 12.1 Å². The molecular formula is C16H17. The summed E-state index contributed by atoms with van der Waals surface area (Å²) in [7, 11) is 0. The van der Waals surface area contributed by atoms with E-state index < -0.39 is 0 Å². The number of hydrogen-bond donors (Lipinski definition) is 0. The third kappa shape index (κ3) is 2.16. The number of benzene rings is 2. The molecule has 0 nitrogen and oxygen atoms in total. The van der Waals surface area contributed by atoms with Crippen LogP contribution in [-0.4, -0.2) is 0 Å². The van der Waals surface area contributed by atoms with Gasteiger partial charge in [0.15, 0.2) is 0 Å². The van der Waals surface area contributed by atoms with Gasteiger partial charge in [-0.25, -0.2) is 0 Å². The zero-order chi connectivity index (χ0) is 11.4. The minimum absolute atomic E-state index is 1.11. The molecule has 2 aromatic carbocycles. The molecule has 0 unspecified atom stereocenters. The van der Waals surface area contributed by atoms with Crippen molar-refractivity contribution < 1.29 is 0 Å². The smallest absolute Gasteiger partial charge is 0.0181 e. The van der Waals surface area contributed by atoms with Gasteiger partial charge in [0.05, 0.1) is 0 Å². The van der Waals surface area contributed by atoms with Crippen LogP contribution in [0.25, 0.3) is 11.1 Å². The molecule has 1 radical (unpaired) electrons. The van der Waals surface area contributed by atoms with Gasteiger partial charge >= 0.3 is 0 Å². The van der Waals surface area contributed by atoms with E-state index in [1.54, 1.807) is 0 Å². The summed E-state index contributed by atoms with van der Waals surface area (Å²) < 4.78 is 0. The van der Waals surface area contributed by atoms with Gasteiger partial charge in [0, 0.05) is 0 Å². The molecule has 0 saturated heterocycles. The first-order valence-corrected chi connectivity index (χ1v) is 5.93. The van der Waals surface area contributed by atoms with Gasteiger partial charge in [-0.1, -0.05) is 56.3 Å². The molecule has 0 fully saturated rings. The summed E-state index contributed by atoms with van der Waals surface area (Å²) in [5.41, 5.74) is 5.51. The van der Waals surface area contributed by atoms with Gasteiger partial charge in [0.25, 0.3) is 0 Å². The average Bonchev–Trinajstić information content (AvgIpc) is 2.39. The van der Waals surface area contributed by atoms with Crippen LogP contribution in [0.1, 0.15) is 25.0 Å². The number of aryl methyl sites for hydroxylation is 2. The SMILES string of the molecule is CCc1ccc(-c2cc[c]cc2)cc1CC. The Morgan fingerprint density at radius 2 is 1.50 bits per heavy atom. The molecule has 2 rings (SSSR count). The molecule has 0 saturated carbocycles. The quantitative estimate of drug-likeness (QED) is 0.707. The van der Waals surface area contributed by atoms with Crippen LogP contribution < -0.4 is 0 Å². The largest absolute Gasteiger partial charge is 0.0613 e. The van der Waals surface area contributed by atoms with Crippen LogP contribution in [-0.2, 0) is 12.8 Å². The maximum absolute atomic E-state index is 3.05. The van der Waals surface area contributed by atoms with Crippen LogP contribution in [0.4, 0.5) is 0 Å². The Kier molecular flexibility index (Phi) is 3.40. The molecule has 0 aliphatic rings. The molecule has 0 atom stereocenters. The molecule has 0 spiro atoms. The van der Waals surface area contributed by atoms with Crippen LogP contribution in [0, 0.1) is 6.07 Å². The van der Waals surface area contributed by atoms with E-state index in [2.05, 4.69) is 50.2 Å². The van der Waals surface area contributed by atoms with Gasteiger partial charge in [0.2, 0.25) is 0 Å². The summed E-state index contributed by atoms with van der Waals surface area (Å²) in [6, 6.07) is 18.0. The first kappa shape index (κ1) is 10.9. The fraction of sp³-hybridized carbons (Fsp3) is 0.250. The Morgan fingerprint density at radius 1 is 0.812 bits per heavy atom. The van der Waals surface area contributed by atoms with Crippen molar-refractivity contribution >= 4 is 0 Å². The summed E-state index contributed by atoms with van der Waals surface area (Å²) in [5, 5.41) is 0. The Labute approximate surface area is 97.9 Å². The van der Waals surface area contributed by atoms with E-state index in [0.29, 0.717) is 0 Å². The molecular weight excluding hydrogens is 192 g/mol. The van der Waals surface area contributed by atoms with E-state index >= 15 is 0 Å². The maximum atomic E-state index is 3.05. The first-order chi connectivity index (χ1) is 7.85. The summed E-state index contributed by atoms with van der Waals surface area (Å²) in [5.74, 6) is 0. The van der Waals surface area contributed by atoms with Crippen LogP contribution in [0.5, 0.6) is 0 Å². The molecule has 0 heterocycles. The highest BCUT2D eigenvalue weighted by atomic mass is 14.1. The maximum Gasteiger partial charge on any atom is -0.0181 e. The van der Waals surface area contributed by atoms with Gasteiger partial charge < -0.3 is 0 Å². The minimum Gasteiger partial charge on any atom is -0.0613 e. The molecule has 0 bridgehead atoms. The van der Waals surface area contributed by atoms with Crippen molar-refractivity contribution in [2.75, 3.05) is 0 Å². The highest BCUT2D eigenvalue weighted by Crippen LogP contribution is 2.22. The Balaban J connectivity index is 2.44. The third-order valence-electron chi connectivity index (χ3n) is 3.02. The lowest BCUT2D eigenvalue weighted by Gasteiger charge is -2.09. The molecule has 81 valence electrons. The van der Waals surface area contributed by atoms with Gasteiger partial charge in [0.1, 0.15) is 0 Å². The molecule has 0 aliphatic carbocycles. The van der Waals surface area contributed by atoms with Gasteiger partial charge in [-0.05, 0) is 41.2 Å². The zero-order valence-corrected chi connectivity index (χ0v) is 9.96. The molecule has 0 aromatic heterocycles. The molecule has 0 N–H and O–H groups in total. The zero-order valence-electron chi connectivity index (χ0n) is 9.96. The van der Waals surface area contributed by atoms with E-state index in [0.717, 1.165) is 12.8 Å². The lowest BCUT2D eigenvalue weighted by atomic mass is 9.97. The van der Waals surface area contributed by atoms with Crippen molar-refractivity contribution in [3.63, 3.8) is 0 Å². The highest BCUT2D eigenvalue weighted by Gasteiger charge is 2.02. The first-order valence-electron chi connectivity index (χ1n) is 5.93. The minimum atomic E-state index is 1.11. The Morgan fingerprint density at radius 3 is 2.12 bits per heavy atom. The van der Waals surface area contributed by atoms with Crippen molar-refractivity contribution in [1.29, 1.82) is 0 Å². The summed E-state index contributed by atoms with van der Waals surface area (Å²) in [6.45, 7) is 4.43. The monoisotopic (exact) mass is 209 g/mol. The van der Waals surface area contributed by atoms with Crippen molar-refractivity contribution in [2.45, 2.75) is 26.7 Å². The molecule has 0 amide bonds. The second-order valence-electron chi connectivity index (χ2n) is 3.98. The van der Waals surface area contributed by atoms with Crippen molar-refractivity contribution in [2.24, 2.45) is 0 Å². The van der Waals surface area contributed by atoms with Crippen LogP contribution in [0.3, 0.4) is 0 Å². The van der Waals surface area contributed by atoms with Gasteiger partial charge in [-0.2, -0.15) is 0 Å². The lowest BCUT2D eigenvalue weighted by Crippen LogP contribution is -1.91. The van der Waals surface area contributed by atoms with Gasteiger partial charge in [-0.3, -0.25) is 0 Å². The predicted molar refractivity (Wildman–Crippen MR) is 69.5 cm³/mol. The fourth-order valence-corrected chi connectivity index (χ4v) is 2.06. The van der Waals surface area contributed by atoms with Crippen molar-refractivity contribution in [3.8, 4) is 11.1 Å². The second kappa shape index (κ2) is 4.98. The topological polar surface area (TPSA) is 0 Å². The highest BCUT2D eigenvalue weighted by molar-refractivity contribution is 5.64. The number of rotatable bonds is 3. The fourth-order valence-electron chi connectivity index (χ4n) is 2.06. The lowest BCUT2D eigenvalue weighted by molar-refractivity contribution is 1.04. The van der Waals surface area contributed by atoms with E-state index in [9.17, 15) is 0 Å². The van der Waals surface area contributed by atoms with Crippen LogP contribution >= 0.6 is 0 Å². The summed E-state index contributed by atoms with van der Waals surface area (Å²) in [6.07, 6.45) is 2.22. The van der Waals surface area contributed by atoms with Crippen molar-refractivity contribution in [3.05, 3.63) is 59.7 Å². The molecule has 0 aliphatic heterocycles. The van der Waals surface area contributed by atoms with Crippen LogP contribution in [0.2, 0.25) is 0 Å². The summed E-state index contributed by atoms with van der Waals surface area (Å²) in [4.78, 5) is 0. The Bertz CT molecular complexity index is 455. The van der Waals surface area contributed by atoms with E-state index in [4.69, 9.17) is 0 Å². The molecule has 0 heteroatoms. The summed E-state index contributed by atoms with van der Waals surface area (Å²) >= 11 is 0. The average molecular weight is 209 g/mol. The van der Waals surface area contributed by atoms with Crippen molar-refractivity contribution in [1.82, 2.24) is 0 Å². The van der Waals surface area contributed by atoms with Crippen LogP contribution in [0.15, 0.2) is 42.5 Å². The second-order valence-corrected chi connectivity index (χ2v) is 3.98. The molecule has 2 aromatic rings. The Hall–Kier alpha value is -1.56. The van der Waals surface area contributed by atoms with E-state index in [1.165, 1.54) is 22.3 Å². The predicted octanol–water partition coefficient (Wildman–Crippen LogP) is 4.28. The normalized spacial score (nSPS) is 10.4.